The van der Waals surface area contributed by atoms with Crippen LogP contribution in [0.2, 0.25) is 0 Å². The van der Waals surface area contributed by atoms with Crippen molar-refractivity contribution in [3.05, 3.63) is 29.3 Å². The molecule has 1 aromatic carbocycles. The summed E-state index contributed by atoms with van der Waals surface area (Å²) in [5, 5.41) is 7.77. The van der Waals surface area contributed by atoms with Gasteiger partial charge in [-0.3, -0.25) is 19.9 Å². The van der Waals surface area contributed by atoms with Gasteiger partial charge in [-0.05, 0) is 62.8 Å². The molecule has 3 atom stereocenters. The van der Waals surface area contributed by atoms with E-state index in [-0.39, 0.29) is 30.1 Å². The third kappa shape index (κ3) is 6.40. The van der Waals surface area contributed by atoms with E-state index < -0.39 is 0 Å². The molecule has 0 aromatic heterocycles. The molecule has 1 aliphatic carbocycles. The first-order valence-corrected chi connectivity index (χ1v) is 15.5. The van der Waals surface area contributed by atoms with E-state index >= 15 is 0 Å². The van der Waals surface area contributed by atoms with Crippen molar-refractivity contribution in [3.63, 3.8) is 0 Å². The average Bonchev–Trinajstić information content (AvgIpc) is 3.38. The molecule has 9 nitrogen and oxygen atoms in total. The standard InChI is InChI=1S/C31H49N7O2/c1-22(2)21-37-30(40)25-8-5-6-9-26(25)38-28(33-34-31(37)38)12-13-29(39)32-14-7-15-35-16-18-36(19-17-35)27-20-23(3)10-11-24(27)4/h10-11,20,22,25-26,31,34H,5-9,12-19,21H2,1-4H3,(H,32,39). The molecular weight excluding hydrogens is 502 g/mol. The normalized spacial score (nSPS) is 25.0. The van der Waals surface area contributed by atoms with E-state index in [2.05, 4.69) is 76.4 Å². The van der Waals surface area contributed by atoms with Crippen molar-refractivity contribution in [3.8, 4) is 0 Å². The molecular formula is C31H49N7O2. The maximum atomic E-state index is 13.3. The van der Waals surface area contributed by atoms with Crippen LogP contribution < -0.4 is 15.6 Å². The van der Waals surface area contributed by atoms with Gasteiger partial charge in [0.05, 0.1) is 5.92 Å². The number of aryl methyl sites for hydroxylation is 2. The zero-order valence-electron chi connectivity index (χ0n) is 25.0. The van der Waals surface area contributed by atoms with Crippen LogP contribution in [0, 0.1) is 25.7 Å². The van der Waals surface area contributed by atoms with Crippen LogP contribution in [0.1, 0.15) is 69.9 Å². The molecule has 0 bridgehead atoms. The number of nitrogens with one attached hydrogen (secondary N) is 2. The number of hydrogen-bond donors (Lipinski definition) is 2. The van der Waals surface area contributed by atoms with Gasteiger partial charge in [0.2, 0.25) is 11.8 Å². The molecule has 2 N–H and O–H groups in total. The summed E-state index contributed by atoms with van der Waals surface area (Å²) in [6.07, 6.45) is 6.02. The summed E-state index contributed by atoms with van der Waals surface area (Å²) in [7, 11) is 0. The zero-order valence-corrected chi connectivity index (χ0v) is 25.0. The van der Waals surface area contributed by atoms with E-state index in [0.717, 1.165) is 77.2 Å². The summed E-state index contributed by atoms with van der Waals surface area (Å²) in [6.45, 7) is 15.3. The Morgan fingerprint density at radius 2 is 1.90 bits per heavy atom. The molecule has 9 heteroatoms. The first-order valence-electron chi connectivity index (χ1n) is 15.5. The van der Waals surface area contributed by atoms with Crippen LogP contribution in [-0.2, 0) is 9.59 Å². The molecule has 5 rings (SSSR count). The largest absolute Gasteiger partial charge is 0.369 e. The first kappa shape index (κ1) is 28.7. The van der Waals surface area contributed by atoms with E-state index in [0.29, 0.717) is 25.3 Å². The third-order valence-corrected chi connectivity index (χ3v) is 9.04. The molecule has 3 fully saturated rings. The SMILES string of the molecule is Cc1ccc(C)c(N2CCN(CCCNC(=O)CCC3=NNC4N(CC(C)C)C(=O)C5CCCCC5N34)CC2)c1. The Morgan fingerprint density at radius 1 is 1.12 bits per heavy atom. The van der Waals surface area contributed by atoms with Gasteiger partial charge in [-0.1, -0.05) is 38.8 Å². The van der Waals surface area contributed by atoms with Gasteiger partial charge < -0.3 is 20.0 Å². The monoisotopic (exact) mass is 551 g/mol. The molecule has 1 aromatic rings. The van der Waals surface area contributed by atoms with Crippen molar-refractivity contribution in [1.29, 1.82) is 0 Å². The number of anilines is 1. The van der Waals surface area contributed by atoms with Crippen LogP contribution >= 0.6 is 0 Å². The highest BCUT2D eigenvalue weighted by molar-refractivity contribution is 5.91. The van der Waals surface area contributed by atoms with Gasteiger partial charge >= 0.3 is 0 Å². The lowest BCUT2D eigenvalue weighted by Gasteiger charge is -2.51. The number of carbonyl (C=O) groups excluding carboxylic acids is 2. The topological polar surface area (TPSA) is 83.5 Å². The lowest BCUT2D eigenvalue weighted by atomic mass is 9.80. The number of rotatable bonds is 10. The lowest BCUT2D eigenvalue weighted by Crippen LogP contribution is -2.67. The zero-order chi connectivity index (χ0) is 28.2. The van der Waals surface area contributed by atoms with Crippen molar-refractivity contribution < 1.29 is 9.59 Å². The van der Waals surface area contributed by atoms with Crippen LogP contribution in [0.25, 0.3) is 0 Å². The highest BCUT2D eigenvalue weighted by atomic mass is 16.2. The Bertz CT molecular complexity index is 1080. The van der Waals surface area contributed by atoms with Gasteiger partial charge in [0.1, 0.15) is 5.84 Å². The van der Waals surface area contributed by atoms with Crippen molar-refractivity contribution in [2.24, 2.45) is 16.9 Å². The van der Waals surface area contributed by atoms with Gasteiger partial charge in [-0.25, -0.2) is 0 Å². The van der Waals surface area contributed by atoms with E-state index in [1.54, 1.807) is 0 Å². The summed E-state index contributed by atoms with van der Waals surface area (Å²) in [5.41, 5.74) is 7.26. The summed E-state index contributed by atoms with van der Waals surface area (Å²) >= 11 is 0. The Hall–Kier alpha value is -2.81. The van der Waals surface area contributed by atoms with E-state index in [4.69, 9.17) is 0 Å². The predicted molar refractivity (Wildman–Crippen MR) is 160 cm³/mol. The maximum Gasteiger partial charge on any atom is 0.230 e. The number of benzene rings is 1. The smallest absolute Gasteiger partial charge is 0.230 e. The number of fused-ring (bicyclic) bond motifs is 3. The number of amides is 2. The quantitative estimate of drug-likeness (QED) is 0.435. The van der Waals surface area contributed by atoms with E-state index in [1.807, 2.05) is 4.90 Å². The van der Waals surface area contributed by atoms with Gasteiger partial charge in [0.15, 0.2) is 6.29 Å². The van der Waals surface area contributed by atoms with Crippen molar-refractivity contribution in [2.45, 2.75) is 85.0 Å². The summed E-state index contributed by atoms with van der Waals surface area (Å²) < 4.78 is 0. The second-order valence-corrected chi connectivity index (χ2v) is 12.6. The molecule has 40 heavy (non-hydrogen) atoms. The van der Waals surface area contributed by atoms with Crippen LogP contribution in [-0.4, -0.2) is 90.5 Å². The van der Waals surface area contributed by atoms with Crippen LogP contribution in [0.5, 0.6) is 0 Å². The Kier molecular flexibility index (Phi) is 9.18. The second kappa shape index (κ2) is 12.8. The van der Waals surface area contributed by atoms with Gasteiger partial charge in [-0.15, -0.1) is 0 Å². The highest BCUT2D eigenvalue weighted by Gasteiger charge is 2.50. The Balaban J connectivity index is 1.04. The number of carbonyl (C=O) groups is 2. The van der Waals surface area contributed by atoms with Crippen molar-refractivity contribution in [2.75, 3.05) is 50.7 Å². The van der Waals surface area contributed by atoms with Crippen LogP contribution in [0.15, 0.2) is 23.3 Å². The lowest BCUT2D eigenvalue weighted by molar-refractivity contribution is -0.156. The molecule has 4 aliphatic rings. The van der Waals surface area contributed by atoms with Crippen molar-refractivity contribution >= 4 is 23.3 Å². The van der Waals surface area contributed by atoms with Gasteiger partial charge in [0, 0.05) is 63.8 Å². The summed E-state index contributed by atoms with van der Waals surface area (Å²) in [5.74, 6) is 1.72. The first-order chi connectivity index (χ1) is 19.3. The van der Waals surface area contributed by atoms with Crippen molar-refractivity contribution in [1.82, 2.24) is 25.4 Å². The third-order valence-electron chi connectivity index (χ3n) is 9.04. The fourth-order valence-corrected chi connectivity index (χ4v) is 6.94. The maximum absolute atomic E-state index is 13.3. The molecule has 2 saturated heterocycles. The molecule has 2 amide bonds. The van der Waals surface area contributed by atoms with Gasteiger partial charge in [-0.2, -0.15) is 5.10 Å². The minimum absolute atomic E-state index is 0.0466. The van der Waals surface area contributed by atoms with Crippen LogP contribution in [0.3, 0.4) is 0 Å². The minimum atomic E-state index is -0.206. The molecule has 3 unspecified atom stereocenters. The Labute approximate surface area is 240 Å². The highest BCUT2D eigenvalue weighted by Crippen LogP contribution is 2.38. The molecule has 3 heterocycles. The van der Waals surface area contributed by atoms with E-state index in [9.17, 15) is 9.59 Å². The molecule has 220 valence electrons. The molecule has 3 aliphatic heterocycles. The Morgan fingerprint density at radius 3 is 2.67 bits per heavy atom. The summed E-state index contributed by atoms with van der Waals surface area (Å²) in [4.78, 5) is 35.4. The second-order valence-electron chi connectivity index (χ2n) is 12.6. The number of hydrazone groups is 1. The number of amidine groups is 1. The fourth-order valence-electron chi connectivity index (χ4n) is 6.94. The number of nitrogens with zero attached hydrogens (tertiary/aromatic N) is 5. The minimum Gasteiger partial charge on any atom is -0.369 e. The predicted octanol–water partition coefficient (Wildman–Crippen LogP) is 3.27. The van der Waals surface area contributed by atoms with Gasteiger partial charge in [0.25, 0.3) is 0 Å². The van der Waals surface area contributed by atoms with Crippen LogP contribution in [0.4, 0.5) is 5.69 Å². The molecule has 0 spiro atoms. The molecule has 1 saturated carbocycles. The summed E-state index contributed by atoms with van der Waals surface area (Å²) in [6, 6.07) is 6.90. The average molecular weight is 552 g/mol. The number of piperazine rings is 1. The molecule has 0 radical (unpaired) electrons. The van der Waals surface area contributed by atoms with E-state index in [1.165, 1.54) is 16.8 Å². The number of hydrogen-bond acceptors (Lipinski definition) is 7. The fraction of sp³-hybridized carbons (Fsp3) is 0.710.